The molecular formula is C14H16FNO2. The SMILES string of the molecule is CCCCNC(=O)c1oc2c(F)cccc2c1C. The number of para-hydroxylation sites is 1. The van der Waals surface area contributed by atoms with E-state index >= 15 is 0 Å². The van der Waals surface area contributed by atoms with E-state index in [2.05, 4.69) is 5.32 Å². The number of furan rings is 1. The Balaban J connectivity index is 2.31. The fourth-order valence-electron chi connectivity index (χ4n) is 1.88. The molecule has 96 valence electrons. The van der Waals surface area contributed by atoms with Crippen LogP contribution in [0.2, 0.25) is 0 Å². The quantitative estimate of drug-likeness (QED) is 0.844. The van der Waals surface area contributed by atoms with Crippen molar-refractivity contribution in [2.45, 2.75) is 26.7 Å². The van der Waals surface area contributed by atoms with Gasteiger partial charge < -0.3 is 9.73 Å². The van der Waals surface area contributed by atoms with Gasteiger partial charge in [-0.1, -0.05) is 25.5 Å². The Hall–Kier alpha value is -1.84. The molecule has 0 saturated heterocycles. The van der Waals surface area contributed by atoms with Gasteiger partial charge in [0.25, 0.3) is 5.91 Å². The Labute approximate surface area is 105 Å². The second-order valence-corrected chi connectivity index (χ2v) is 4.28. The molecule has 0 atom stereocenters. The predicted molar refractivity (Wildman–Crippen MR) is 68.2 cm³/mol. The van der Waals surface area contributed by atoms with E-state index < -0.39 is 5.82 Å². The Morgan fingerprint density at radius 3 is 2.89 bits per heavy atom. The maximum absolute atomic E-state index is 13.5. The smallest absolute Gasteiger partial charge is 0.287 e. The largest absolute Gasteiger partial charge is 0.448 e. The highest BCUT2D eigenvalue weighted by Crippen LogP contribution is 2.27. The summed E-state index contributed by atoms with van der Waals surface area (Å²) in [6.45, 7) is 4.42. The van der Waals surface area contributed by atoms with E-state index in [4.69, 9.17) is 4.42 Å². The molecule has 0 aliphatic carbocycles. The molecule has 3 nitrogen and oxygen atoms in total. The minimum atomic E-state index is -0.441. The van der Waals surface area contributed by atoms with E-state index in [-0.39, 0.29) is 17.3 Å². The molecule has 0 aliphatic heterocycles. The minimum Gasteiger partial charge on any atom is -0.448 e. The van der Waals surface area contributed by atoms with E-state index in [1.165, 1.54) is 6.07 Å². The maximum Gasteiger partial charge on any atom is 0.287 e. The molecule has 1 amide bonds. The second-order valence-electron chi connectivity index (χ2n) is 4.28. The summed E-state index contributed by atoms with van der Waals surface area (Å²) >= 11 is 0. The first-order valence-electron chi connectivity index (χ1n) is 6.11. The molecule has 1 heterocycles. The molecule has 4 heteroatoms. The lowest BCUT2D eigenvalue weighted by Crippen LogP contribution is -2.24. The Kier molecular flexibility index (Phi) is 3.65. The van der Waals surface area contributed by atoms with Crippen molar-refractivity contribution in [2.75, 3.05) is 6.54 Å². The van der Waals surface area contributed by atoms with Gasteiger partial charge in [-0.3, -0.25) is 4.79 Å². The third-order valence-corrected chi connectivity index (χ3v) is 2.94. The van der Waals surface area contributed by atoms with Crippen molar-refractivity contribution in [3.8, 4) is 0 Å². The number of hydrogen-bond acceptors (Lipinski definition) is 2. The van der Waals surface area contributed by atoms with Crippen LogP contribution in [0.1, 0.15) is 35.9 Å². The number of carbonyl (C=O) groups excluding carboxylic acids is 1. The van der Waals surface area contributed by atoms with Crippen LogP contribution in [0.5, 0.6) is 0 Å². The van der Waals surface area contributed by atoms with Crippen LogP contribution in [0.25, 0.3) is 11.0 Å². The van der Waals surface area contributed by atoms with E-state index in [1.54, 1.807) is 19.1 Å². The van der Waals surface area contributed by atoms with Crippen LogP contribution in [0.15, 0.2) is 22.6 Å². The third-order valence-electron chi connectivity index (χ3n) is 2.94. The first kappa shape index (κ1) is 12.6. The normalized spacial score (nSPS) is 10.8. The lowest BCUT2D eigenvalue weighted by Gasteiger charge is -2.01. The molecule has 2 rings (SSSR count). The molecule has 0 saturated carbocycles. The number of hydrogen-bond donors (Lipinski definition) is 1. The van der Waals surface area contributed by atoms with Gasteiger partial charge in [0.1, 0.15) is 0 Å². The molecule has 2 aromatic rings. The molecule has 1 aromatic heterocycles. The van der Waals surface area contributed by atoms with Crippen LogP contribution in [0.4, 0.5) is 4.39 Å². The summed E-state index contributed by atoms with van der Waals surface area (Å²) in [5, 5.41) is 3.41. The number of rotatable bonds is 4. The summed E-state index contributed by atoms with van der Waals surface area (Å²) in [6.07, 6.45) is 1.92. The van der Waals surface area contributed by atoms with Gasteiger partial charge in [-0.15, -0.1) is 0 Å². The first-order valence-corrected chi connectivity index (χ1v) is 6.11. The number of fused-ring (bicyclic) bond motifs is 1. The fourth-order valence-corrected chi connectivity index (χ4v) is 1.88. The number of carbonyl (C=O) groups is 1. The van der Waals surface area contributed by atoms with Crippen molar-refractivity contribution in [3.63, 3.8) is 0 Å². The molecule has 0 radical (unpaired) electrons. The maximum atomic E-state index is 13.5. The number of benzene rings is 1. The fraction of sp³-hybridized carbons (Fsp3) is 0.357. The van der Waals surface area contributed by atoms with Gasteiger partial charge in [0.15, 0.2) is 17.2 Å². The average molecular weight is 249 g/mol. The number of halogens is 1. The highest BCUT2D eigenvalue weighted by Gasteiger charge is 2.18. The van der Waals surface area contributed by atoms with Gasteiger partial charge in [0, 0.05) is 17.5 Å². The molecule has 0 unspecified atom stereocenters. The van der Waals surface area contributed by atoms with Crippen molar-refractivity contribution in [1.29, 1.82) is 0 Å². The van der Waals surface area contributed by atoms with Gasteiger partial charge in [0.2, 0.25) is 0 Å². The van der Waals surface area contributed by atoms with Gasteiger partial charge in [0.05, 0.1) is 0 Å². The van der Waals surface area contributed by atoms with Gasteiger partial charge in [-0.05, 0) is 19.4 Å². The lowest BCUT2D eigenvalue weighted by molar-refractivity contribution is 0.0926. The molecule has 0 aliphatic rings. The molecular weight excluding hydrogens is 233 g/mol. The monoisotopic (exact) mass is 249 g/mol. The summed E-state index contributed by atoms with van der Waals surface area (Å²) in [5.74, 6) is -0.522. The highest BCUT2D eigenvalue weighted by atomic mass is 19.1. The van der Waals surface area contributed by atoms with Crippen LogP contribution in [0.3, 0.4) is 0 Å². The van der Waals surface area contributed by atoms with E-state index in [1.807, 2.05) is 6.92 Å². The van der Waals surface area contributed by atoms with Gasteiger partial charge in [-0.25, -0.2) is 4.39 Å². The number of unbranched alkanes of at least 4 members (excludes halogenated alkanes) is 1. The van der Waals surface area contributed by atoms with Crippen molar-refractivity contribution in [2.24, 2.45) is 0 Å². The number of aryl methyl sites for hydroxylation is 1. The molecule has 1 aromatic carbocycles. The van der Waals surface area contributed by atoms with Gasteiger partial charge in [-0.2, -0.15) is 0 Å². The predicted octanol–water partition coefficient (Wildman–Crippen LogP) is 3.41. The number of nitrogens with one attached hydrogen (secondary N) is 1. The molecule has 1 N–H and O–H groups in total. The summed E-state index contributed by atoms with van der Waals surface area (Å²) < 4.78 is 18.9. The topological polar surface area (TPSA) is 42.2 Å². The standard InChI is InChI=1S/C14H16FNO2/c1-3-4-8-16-14(17)12-9(2)10-6-5-7-11(15)13(10)18-12/h5-7H,3-4,8H2,1-2H3,(H,16,17). The third kappa shape index (κ3) is 2.23. The number of amides is 1. The molecule has 0 spiro atoms. The second kappa shape index (κ2) is 5.21. The minimum absolute atomic E-state index is 0.149. The molecule has 18 heavy (non-hydrogen) atoms. The van der Waals surface area contributed by atoms with Crippen LogP contribution in [0, 0.1) is 12.7 Å². The zero-order valence-electron chi connectivity index (χ0n) is 10.5. The van der Waals surface area contributed by atoms with Crippen LogP contribution < -0.4 is 5.32 Å². The Bertz CT molecular complexity index is 574. The van der Waals surface area contributed by atoms with Crippen molar-refractivity contribution < 1.29 is 13.6 Å². The van der Waals surface area contributed by atoms with Crippen LogP contribution in [-0.2, 0) is 0 Å². The summed E-state index contributed by atoms with van der Waals surface area (Å²) in [4.78, 5) is 11.9. The lowest BCUT2D eigenvalue weighted by atomic mass is 10.1. The summed E-state index contributed by atoms with van der Waals surface area (Å²) in [6, 6.07) is 4.68. The van der Waals surface area contributed by atoms with Crippen molar-refractivity contribution in [1.82, 2.24) is 5.32 Å². The first-order chi connectivity index (χ1) is 8.65. The molecule has 0 bridgehead atoms. The molecule has 0 fully saturated rings. The highest BCUT2D eigenvalue weighted by molar-refractivity contribution is 5.98. The van der Waals surface area contributed by atoms with E-state index in [0.717, 1.165) is 12.8 Å². The zero-order valence-corrected chi connectivity index (χ0v) is 10.5. The van der Waals surface area contributed by atoms with E-state index in [9.17, 15) is 9.18 Å². The van der Waals surface area contributed by atoms with Crippen LogP contribution >= 0.6 is 0 Å². The van der Waals surface area contributed by atoms with Crippen LogP contribution in [-0.4, -0.2) is 12.5 Å². The van der Waals surface area contributed by atoms with E-state index in [0.29, 0.717) is 17.5 Å². The van der Waals surface area contributed by atoms with Crippen molar-refractivity contribution >= 4 is 16.9 Å². The summed E-state index contributed by atoms with van der Waals surface area (Å²) in [5.41, 5.74) is 0.828. The Morgan fingerprint density at radius 2 is 2.22 bits per heavy atom. The van der Waals surface area contributed by atoms with Crippen molar-refractivity contribution in [3.05, 3.63) is 35.3 Å². The average Bonchev–Trinajstić information content (AvgIpc) is 2.69. The summed E-state index contributed by atoms with van der Waals surface area (Å²) in [7, 11) is 0. The Morgan fingerprint density at radius 1 is 1.44 bits per heavy atom. The van der Waals surface area contributed by atoms with Gasteiger partial charge >= 0.3 is 0 Å². The zero-order chi connectivity index (χ0) is 13.1.